The van der Waals surface area contributed by atoms with Crippen molar-refractivity contribution in [3.05, 3.63) is 11.7 Å². The minimum absolute atomic E-state index is 0.0182. The Hall–Kier alpha value is -1.08. The fraction of sp³-hybridized carbons (Fsp3) is 0.857. The highest BCUT2D eigenvalue weighted by Gasteiger charge is 2.26. The highest BCUT2D eigenvalue weighted by atomic mass is 19.3. The average Bonchev–Trinajstić information content (AvgIpc) is 3.11. The van der Waals surface area contributed by atoms with E-state index in [1.54, 1.807) is 0 Å². The summed E-state index contributed by atoms with van der Waals surface area (Å²) < 4.78 is 35.5. The van der Waals surface area contributed by atoms with Crippen molar-refractivity contribution in [2.45, 2.75) is 44.6 Å². The molecule has 0 aromatic carbocycles. The molecule has 1 atom stereocenters. The van der Waals surface area contributed by atoms with E-state index >= 15 is 0 Å². The van der Waals surface area contributed by atoms with Crippen molar-refractivity contribution >= 4 is 0 Å². The van der Waals surface area contributed by atoms with Crippen LogP contribution in [0.15, 0.2) is 4.52 Å². The van der Waals surface area contributed by atoms with Gasteiger partial charge in [0.25, 0.3) is 6.43 Å². The molecule has 2 aliphatic heterocycles. The number of alkyl halides is 2. The van der Waals surface area contributed by atoms with Crippen molar-refractivity contribution in [3.8, 4) is 0 Å². The van der Waals surface area contributed by atoms with Gasteiger partial charge in [-0.05, 0) is 44.7 Å². The molecule has 0 aliphatic carbocycles. The van der Waals surface area contributed by atoms with Gasteiger partial charge < -0.3 is 9.26 Å². The van der Waals surface area contributed by atoms with Crippen LogP contribution in [-0.2, 0) is 11.2 Å². The maximum Gasteiger partial charge on any atom is 0.251 e. The number of likely N-dealkylation sites (tertiary alicyclic amines) is 1. The van der Waals surface area contributed by atoms with E-state index in [-0.39, 0.29) is 12.6 Å². The fourth-order valence-electron chi connectivity index (χ4n) is 3.08. The molecule has 0 bridgehead atoms. The second kappa shape index (κ2) is 6.79. The molecule has 118 valence electrons. The summed E-state index contributed by atoms with van der Waals surface area (Å²) in [6, 6.07) is 0. The second-order valence-corrected chi connectivity index (χ2v) is 5.89. The van der Waals surface area contributed by atoms with Crippen LogP contribution in [0.2, 0.25) is 0 Å². The number of rotatable bonds is 5. The Bertz CT molecular complexity index is 441. The maximum absolute atomic E-state index is 12.3. The normalized spacial score (nSPS) is 25.0. The molecule has 2 aliphatic rings. The van der Waals surface area contributed by atoms with E-state index in [9.17, 15) is 8.78 Å². The zero-order valence-corrected chi connectivity index (χ0v) is 12.0. The van der Waals surface area contributed by atoms with Gasteiger partial charge in [-0.3, -0.25) is 4.90 Å². The third-order valence-electron chi connectivity index (χ3n) is 4.27. The van der Waals surface area contributed by atoms with Crippen LogP contribution in [-0.4, -0.2) is 47.7 Å². The highest BCUT2D eigenvalue weighted by molar-refractivity contribution is 4.94. The minimum atomic E-state index is -2.24. The number of hydrogen-bond donors (Lipinski definition) is 0. The van der Waals surface area contributed by atoms with Crippen molar-refractivity contribution in [1.29, 1.82) is 0 Å². The Balaban J connectivity index is 1.47. The molecule has 7 heteroatoms. The summed E-state index contributed by atoms with van der Waals surface area (Å²) in [6.45, 7) is 2.09. The van der Waals surface area contributed by atoms with Crippen LogP contribution in [0.5, 0.6) is 0 Å². The summed E-state index contributed by atoms with van der Waals surface area (Å²) in [7, 11) is 0. The topological polar surface area (TPSA) is 51.4 Å². The predicted molar refractivity (Wildman–Crippen MR) is 71.1 cm³/mol. The van der Waals surface area contributed by atoms with E-state index in [0.717, 1.165) is 51.8 Å². The average molecular weight is 301 g/mol. The Morgan fingerprint density at radius 3 is 2.71 bits per heavy atom. The molecule has 3 rings (SSSR count). The summed E-state index contributed by atoms with van der Waals surface area (Å²) >= 11 is 0. The van der Waals surface area contributed by atoms with Crippen LogP contribution >= 0.6 is 0 Å². The summed E-state index contributed by atoms with van der Waals surface area (Å²) in [6.07, 6.45) is 2.28. The quantitative estimate of drug-likeness (QED) is 0.836. The van der Waals surface area contributed by atoms with Crippen molar-refractivity contribution in [2.24, 2.45) is 5.92 Å². The molecule has 5 nitrogen and oxygen atoms in total. The van der Waals surface area contributed by atoms with Crippen molar-refractivity contribution in [3.63, 3.8) is 0 Å². The highest BCUT2D eigenvalue weighted by Crippen LogP contribution is 2.27. The molecule has 3 heterocycles. The van der Waals surface area contributed by atoms with Gasteiger partial charge in [0, 0.05) is 13.0 Å². The van der Waals surface area contributed by atoms with Crippen molar-refractivity contribution in [1.82, 2.24) is 15.0 Å². The molecule has 1 aromatic heterocycles. The Labute approximate surface area is 122 Å². The number of nitrogens with zero attached hydrogens (tertiary/aromatic N) is 3. The Kier molecular flexibility index (Phi) is 4.80. The lowest BCUT2D eigenvalue weighted by Crippen LogP contribution is -2.37. The van der Waals surface area contributed by atoms with E-state index < -0.39 is 6.43 Å². The molecular weight excluding hydrogens is 280 g/mol. The standard InChI is InChI=1S/C14H21F2N3O2/c15-12(16)9-19-5-3-10(4-6-19)8-13-17-14(18-21-13)11-2-1-7-20-11/h10-12H,1-9H2. The zero-order chi connectivity index (χ0) is 14.7. The van der Waals surface area contributed by atoms with Crippen LogP contribution in [0.1, 0.15) is 43.5 Å². The van der Waals surface area contributed by atoms with E-state index in [0.29, 0.717) is 17.6 Å². The minimum Gasteiger partial charge on any atom is -0.370 e. The molecule has 0 saturated carbocycles. The largest absolute Gasteiger partial charge is 0.370 e. The van der Waals surface area contributed by atoms with E-state index in [4.69, 9.17) is 9.26 Å². The molecule has 0 spiro atoms. The molecule has 21 heavy (non-hydrogen) atoms. The van der Waals surface area contributed by atoms with Gasteiger partial charge in [-0.1, -0.05) is 5.16 Å². The third-order valence-corrected chi connectivity index (χ3v) is 4.27. The molecule has 1 unspecified atom stereocenters. The van der Waals surface area contributed by atoms with Crippen LogP contribution in [0, 0.1) is 5.92 Å². The van der Waals surface area contributed by atoms with E-state index in [2.05, 4.69) is 10.1 Å². The summed E-state index contributed by atoms with van der Waals surface area (Å²) in [5.41, 5.74) is 0. The van der Waals surface area contributed by atoms with Crippen LogP contribution < -0.4 is 0 Å². The first-order valence-electron chi connectivity index (χ1n) is 7.65. The molecule has 0 N–H and O–H groups in total. The summed E-state index contributed by atoms with van der Waals surface area (Å²) in [5.74, 6) is 1.74. The van der Waals surface area contributed by atoms with Gasteiger partial charge in [0.15, 0.2) is 0 Å². The maximum atomic E-state index is 12.3. The first-order chi connectivity index (χ1) is 10.2. The van der Waals surface area contributed by atoms with Gasteiger partial charge in [0.1, 0.15) is 6.10 Å². The molecule has 1 aromatic rings. The van der Waals surface area contributed by atoms with Gasteiger partial charge in [-0.2, -0.15) is 4.98 Å². The smallest absolute Gasteiger partial charge is 0.251 e. The molecule has 0 radical (unpaired) electrons. The van der Waals surface area contributed by atoms with Crippen LogP contribution in [0.4, 0.5) is 8.78 Å². The van der Waals surface area contributed by atoms with Crippen molar-refractivity contribution < 1.29 is 18.0 Å². The number of hydrogen-bond acceptors (Lipinski definition) is 5. The summed E-state index contributed by atoms with van der Waals surface area (Å²) in [4.78, 5) is 6.24. The number of ether oxygens (including phenoxy) is 1. The van der Waals surface area contributed by atoms with Crippen LogP contribution in [0.3, 0.4) is 0 Å². The number of halogens is 2. The fourth-order valence-corrected chi connectivity index (χ4v) is 3.08. The lowest BCUT2D eigenvalue weighted by atomic mass is 9.93. The summed E-state index contributed by atoms with van der Waals surface area (Å²) in [5, 5.41) is 4.00. The first kappa shape index (κ1) is 14.8. The Morgan fingerprint density at radius 2 is 2.05 bits per heavy atom. The van der Waals surface area contributed by atoms with Crippen LogP contribution in [0.25, 0.3) is 0 Å². The first-order valence-corrected chi connectivity index (χ1v) is 7.65. The Morgan fingerprint density at radius 1 is 1.24 bits per heavy atom. The second-order valence-electron chi connectivity index (χ2n) is 5.89. The van der Waals surface area contributed by atoms with E-state index in [1.165, 1.54) is 0 Å². The van der Waals surface area contributed by atoms with Gasteiger partial charge in [0.2, 0.25) is 11.7 Å². The van der Waals surface area contributed by atoms with E-state index in [1.807, 2.05) is 4.90 Å². The molecule has 2 saturated heterocycles. The van der Waals surface area contributed by atoms with Crippen molar-refractivity contribution in [2.75, 3.05) is 26.2 Å². The monoisotopic (exact) mass is 301 g/mol. The predicted octanol–water partition coefficient (Wildman–Crippen LogP) is 2.44. The molecular formula is C14H21F2N3O2. The SMILES string of the molecule is FC(F)CN1CCC(Cc2nc(C3CCCO3)no2)CC1. The number of aromatic nitrogens is 2. The number of piperidine rings is 1. The lowest BCUT2D eigenvalue weighted by molar-refractivity contribution is 0.0681. The molecule has 2 fully saturated rings. The third kappa shape index (κ3) is 3.97. The lowest BCUT2D eigenvalue weighted by Gasteiger charge is -2.30. The van der Waals surface area contributed by atoms with Gasteiger partial charge >= 0.3 is 0 Å². The molecule has 0 amide bonds. The van der Waals surface area contributed by atoms with Gasteiger partial charge in [-0.15, -0.1) is 0 Å². The zero-order valence-electron chi connectivity index (χ0n) is 12.0. The van der Waals surface area contributed by atoms with Gasteiger partial charge in [0.05, 0.1) is 6.54 Å². The van der Waals surface area contributed by atoms with Gasteiger partial charge in [-0.25, -0.2) is 8.78 Å².